The summed E-state index contributed by atoms with van der Waals surface area (Å²) in [6.45, 7) is 3.09. The molecule has 2 saturated carbocycles. The van der Waals surface area contributed by atoms with Gasteiger partial charge in [-0.05, 0) is 63.6 Å². The van der Waals surface area contributed by atoms with Crippen LogP contribution in [0, 0.1) is 17.8 Å². The van der Waals surface area contributed by atoms with Gasteiger partial charge in [0.2, 0.25) is 5.95 Å². The predicted octanol–water partition coefficient (Wildman–Crippen LogP) is 1.63. The second-order valence-corrected chi connectivity index (χ2v) is 8.02. The molecule has 0 unspecified atom stereocenters. The first-order chi connectivity index (χ1) is 11.6. The lowest BCUT2D eigenvalue weighted by atomic mass is 9.77. The Hall–Kier alpha value is -1.40. The van der Waals surface area contributed by atoms with Crippen molar-refractivity contribution in [3.63, 3.8) is 0 Å². The van der Waals surface area contributed by atoms with Crippen LogP contribution in [0.1, 0.15) is 25.7 Å². The fourth-order valence-corrected chi connectivity index (χ4v) is 4.38. The van der Waals surface area contributed by atoms with Crippen LogP contribution in [0.15, 0.2) is 12.3 Å². The van der Waals surface area contributed by atoms with Crippen LogP contribution in [-0.2, 0) is 4.74 Å². The van der Waals surface area contributed by atoms with Gasteiger partial charge in [0, 0.05) is 31.9 Å². The van der Waals surface area contributed by atoms with Gasteiger partial charge in [-0.2, -0.15) is 4.98 Å². The Bertz CT molecular complexity index is 576. The van der Waals surface area contributed by atoms with Gasteiger partial charge < -0.3 is 20.3 Å². The van der Waals surface area contributed by atoms with E-state index in [0.717, 1.165) is 43.8 Å². The van der Waals surface area contributed by atoms with Crippen molar-refractivity contribution in [2.24, 2.45) is 17.8 Å². The van der Waals surface area contributed by atoms with Crippen LogP contribution in [0.25, 0.3) is 0 Å². The topological polar surface area (TPSA) is 67.5 Å². The fraction of sp³-hybridized carbons (Fsp3) is 0.778. The highest BCUT2D eigenvalue weighted by Gasteiger charge is 2.44. The van der Waals surface area contributed by atoms with Gasteiger partial charge in [0.05, 0.1) is 6.10 Å². The third kappa shape index (κ3) is 3.35. The molecule has 4 atom stereocenters. The molecule has 0 aromatic carbocycles. The van der Waals surface area contributed by atoms with Crippen LogP contribution in [0.2, 0.25) is 0 Å². The lowest BCUT2D eigenvalue weighted by molar-refractivity contribution is -0.0493. The fourth-order valence-electron chi connectivity index (χ4n) is 4.38. The van der Waals surface area contributed by atoms with E-state index in [1.54, 1.807) is 6.20 Å². The van der Waals surface area contributed by atoms with Crippen molar-refractivity contribution in [1.29, 1.82) is 0 Å². The lowest BCUT2D eigenvalue weighted by Gasteiger charge is -2.41. The number of nitrogens with two attached hydrogens (primary N) is 1. The van der Waals surface area contributed by atoms with Gasteiger partial charge in [-0.15, -0.1) is 0 Å². The van der Waals surface area contributed by atoms with Crippen molar-refractivity contribution in [2.45, 2.75) is 37.8 Å². The first kappa shape index (κ1) is 16.1. The Morgan fingerprint density at radius 2 is 2.00 bits per heavy atom. The number of likely N-dealkylation sites (N-methyl/N-ethyl adjacent to an activating group) is 1. The third-order valence-corrected chi connectivity index (χ3v) is 5.97. The van der Waals surface area contributed by atoms with Crippen molar-refractivity contribution in [3.05, 3.63) is 12.3 Å². The number of aromatic nitrogens is 2. The highest BCUT2D eigenvalue weighted by atomic mass is 16.5. The Morgan fingerprint density at radius 3 is 2.67 bits per heavy atom. The molecule has 4 rings (SSSR count). The molecule has 2 N–H and O–H groups in total. The van der Waals surface area contributed by atoms with Gasteiger partial charge in [0.1, 0.15) is 5.82 Å². The summed E-state index contributed by atoms with van der Waals surface area (Å²) in [6.07, 6.45) is 7.21. The lowest BCUT2D eigenvalue weighted by Crippen LogP contribution is -2.48. The molecule has 3 aliphatic rings. The van der Waals surface area contributed by atoms with Crippen LogP contribution in [0.5, 0.6) is 0 Å². The molecule has 2 aliphatic carbocycles. The van der Waals surface area contributed by atoms with Gasteiger partial charge in [0.25, 0.3) is 0 Å². The van der Waals surface area contributed by atoms with Crippen LogP contribution >= 0.6 is 0 Å². The quantitative estimate of drug-likeness (QED) is 0.884. The summed E-state index contributed by atoms with van der Waals surface area (Å²) in [5.41, 5.74) is 5.75. The average Bonchev–Trinajstić information content (AvgIpc) is 3.29. The number of nitrogens with zero attached hydrogens (tertiary/aromatic N) is 4. The number of hydrogen-bond acceptors (Lipinski definition) is 6. The predicted molar refractivity (Wildman–Crippen MR) is 94.8 cm³/mol. The molecule has 0 spiro atoms. The summed E-state index contributed by atoms with van der Waals surface area (Å²) in [5, 5.41) is 0. The van der Waals surface area contributed by atoms with Crippen LogP contribution in [0.3, 0.4) is 0 Å². The van der Waals surface area contributed by atoms with Crippen molar-refractivity contribution in [1.82, 2.24) is 14.9 Å². The first-order valence-electron chi connectivity index (χ1n) is 9.21. The van der Waals surface area contributed by atoms with E-state index in [4.69, 9.17) is 10.5 Å². The van der Waals surface area contributed by atoms with Crippen LogP contribution < -0.4 is 10.6 Å². The van der Waals surface area contributed by atoms with E-state index in [1.807, 2.05) is 6.07 Å². The van der Waals surface area contributed by atoms with Gasteiger partial charge in [-0.1, -0.05) is 0 Å². The molecule has 6 heteroatoms. The van der Waals surface area contributed by atoms with Crippen LogP contribution in [0.4, 0.5) is 11.8 Å². The molecule has 1 aromatic heterocycles. The van der Waals surface area contributed by atoms with Gasteiger partial charge >= 0.3 is 0 Å². The second kappa shape index (κ2) is 6.48. The number of rotatable bonds is 5. The molecule has 6 nitrogen and oxygen atoms in total. The molecule has 132 valence electrons. The highest BCUT2D eigenvalue weighted by Crippen LogP contribution is 2.41. The zero-order valence-corrected chi connectivity index (χ0v) is 14.8. The molecule has 1 saturated heterocycles. The van der Waals surface area contributed by atoms with Crippen molar-refractivity contribution in [3.8, 4) is 0 Å². The maximum atomic E-state index is 6.34. The van der Waals surface area contributed by atoms with E-state index in [9.17, 15) is 0 Å². The first-order valence-corrected chi connectivity index (χ1v) is 9.21. The SMILES string of the molecule is CN(C)[C@@H]1C[C@@H]2CN(c3ccnc(N)n3)C[C@@H]2C[C@H]1OCC1CC1. The monoisotopic (exact) mass is 331 g/mol. The number of fused-ring (bicyclic) bond motifs is 1. The van der Waals surface area contributed by atoms with Gasteiger partial charge in [-0.25, -0.2) is 4.98 Å². The van der Waals surface area contributed by atoms with Gasteiger partial charge in [0.15, 0.2) is 0 Å². The Kier molecular flexibility index (Phi) is 4.35. The zero-order valence-electron chi connectivity index (χ0n) is 14.8. The average molecular weight is 331 g/mol. The summed E-state index contributed by atoms with van der Waals surface area (Å²) in [5.74, 6) is 3.57. The minimum atomic E-state index is 0.360. The molecule has 1 aliphatic heterocycles. The molecule has 24 heavy (non-hydrogen) atoms. The number of ether oxygens (including phenoxy) is 1. The van der Waals surface area contributed by atoms with Crippen LogP contribution in [-0.4, -0.2) is 60.8 Å². The summed E-state index contributed by atoms with van der Waals surface area (Å²) in [7, 11) is 4.38. The minimum absolute atomic E-state index is 0.360. The van der Waals surface area contributed by atoms with E-state index in [-0.39, 0.29) is 0 Å². The Morgan fingerprint density at radius 1 is 1.25 bits per heavy atom. The number of hydrogen-bond donors (Lipinski definition) is 1. The summed E-state index contributed by atoms with van der Waals surface area (Å²) in [6, 6.07) is 2.50. The molecule has 2 heterocycles. The number of anilines is 2. The summed E-state index contributed by atoms with van der Waals surface area (Å²) in [4.78, 5) is 13.2. The van der Waals surface area contributed by atoms with Crippen molar-refractivity contribution >= 4 is 11.8 Å². The molecular weight excluding hydrogens is 302 g/mol. The van der Waals surface area contributed by atoms with E-state index >= 15 is 0 Å². The molecular formula is C18H29N5O. The van der Waals surface area contributed by atoms with E-state index in [2.05, 4.69) is 33.9 Å². The second-order valence-electron chi connectivity index (χ2n) is 8.02. The Labute approximate surface area is 144 Å². The van der Waals surface area contributed by atoms with Crippen molar-refractivity contribution in [2.75, 3.05) is 44.4 Å². The maximum Gasteiger partial charge on any atom is 0.221 e. The standard InChI is InChI=1S/C18H29N5O/c1-22(2)15-7-13-9-23(17-5-6-20-18(19)21-17)10-14(13)8-16(15)24-11-12-3-4-12/h5-6,12-16H,3-4,7-11H2,1-2H3,(H2,19,20,21)/t13-,14+,15-,16-/m1/s1. The third-order valence-electron chi connectivity index (χ3n) is 5.97. The minimum Gasteiger partial charge on any atom is -0.376 e. The number of nitrogen functional groups attached to an aromatic ring is 1. The molecule has 1 aromatic rings. The zero-order chi connectivity index (χ0) is 16.7. The molecule has 0 radical (unpaired) electrons. The van der Waals surface area contributed by atoms with E-state index in [0.29, 0.717) is 24.0 Å². The highest BCUT2D eigenvalue weighted by molar-refractivity contribution is 5.42. The van der Waals surface area contributed by atoms with E-state index < -0.39 is 0 Å². The Balaban J connectivity index is 1.44. The maximum absolute atomic E-state index is 6.34. The van der Waals surface area contributed by atoms with E-state index in [1.165, 1.54) is 19.3 Å². The summed E-state index contributed by atoms with van der Waals surface area (Å²) >= 11 is 0. The molecule has 0 bridgehead atoms. The van der Waals surface area contributed by atoms with Gasteiger partial charge in [-0.3, -0.25) is 0 Å². The normalized spacial score (nSPS) is 33.0. The largest absolute Gasteiger partial charge is 0.376 e. The smallest absolute Gasteiger partial charge is 0.221 e. The molecule has 3 fully saturated rings. The summed E-state index contributed by atoms with van der Waals surface area (Å²) < 4.78 is 6.34. The van der Waals surface area contributed by atoms with Crippen molar-refractivity contribution < 1.29 is 4.74 Å². The molecule has 0 amide bonds.